The Hall–Kier alpha value is -1.65. The van der Waals surface area contributed by atoms with E-state index in [1.807, 2.05) is 43.5 Å². The molecule has 0 fully saturated rings. The van der Waals surface area contributed by atoms with Crippen LogP contribution in [0.3, 0.4) is 0 Å². The zero-order valence-corrected chi connectivity index (χ0v) is 9.40. The van der Waals surface area contributed by atoms with E-state index in [0.29, 0.717) is 0 Å². The summed E-state index contributed by atoms with van der Waals surface area (Å²) in [6.07, 6.45) is 1.83. The van der Waals surface area contributed by atoms with Gasteiger partial charge in [-0.15, -0.1) is 0 Å². The number of aromatic nitrogens is 2. The number of H-pyrrole nitrogens is 1. The van der Waals surface area contributed by atoms with Gasteiger partial charge >= 0.3 is 0 Å². The molecule has 0 amide bonds. The lowest BCUT2D eigenvalue weighted by Crippen LogP contribution is -2.17. The summed E-state index contributed by atoms with van der Waals surface area (Å²) < 4.78 is 0. The second-order valence-corrected chi connectivity index (χ2v) is 3.59. The predicted molar refractivity (Wildman–Crippen MR) is 62.6 cm³/mol. The maximum atomic E-state index is 4.86. The molecule has 0 aliphatic rings. The Morgan fingerprint density at radius 1 is 1.31 bits per heavy atom. The number of nitrogens with zero attached hydrogens (tertiary/aromatic N) is 1. The molecule has 1 aromatic carbocycles. The fraction of sp³-hybridized carbons (Fsp3) is 0.250. The molecule has 0 unspecified atom stereocenters. The number of nitrogens with one attached hydrogen (secondary N) is 2. The molecular weight excluding hydrogens is 202 g/mol. The molecule has 1 aromatic heterocycles. The minimum atomic E-state index is 0.0439. The number of hydrogen-bond acceptors (Lipinski definition) is 3. The van der Waals surface area contributed by atoms with Gasteiger partial charge in [-0.25, -0.2) is 4.98 Å². The van der Waals surface area contributed by atoms with Crippen LogP contribution in [0.5, 0.6) is 0 Å². The zero-order chi connectivity index (χ0) is 11.4. The molecule has 0 spiro atoms. The molecule has 0 saturated heterocycles. The smallest absolute Gasteiger partial charge is 0.125 e. The monoisotopic (exact) mass is 217 g/mol. The highest BCUT2D eigenvalue weighted by atomic mass is 16.6. The van der Waals surface area contributed by atoms with Crippen molar-refractivity contribution >= 4 is 0 Å². The van der Waals surface area contributed by atoms with Gasteiger partial charge in [0.25, 0.3) is 0 Å². The third kappa shape index (κ3) is 2.29. The molecular formula is C12H15N3O. The summed E-state index contributed by atoms with van der Waals surface area (Å²) in [5, 5.41) is 0. The normalized spacial score (nSPS) is 12.6. The first-order chi connectivity index (χ1) is 7.81. The molecule has 84 valence electrons. The topological polar surface area (TPSA) is 49.9 Å². The average Bonchev–Trinajstić information content (AvgIpc) is 2.80. The van der Waals surface area contributed by atoms with Crippen molar-refractivity contribution in [3.63, 3.8) is 0 Å². The van der Waals surface area contributed by atoms with E-state index in [0.717, 1.165) is 17.1 Å². The lowest BCUT2D eigenvalue weighted by Gasteiger charge is -2.07. The van der Waals surface area contributed by atoms with E-state index in [1.54, 1.807) is 7.11 Å². The van der Waals surface area contributed by atoms with Crippen molar-refractivity contribution in [3.05, 3.63) is 42.4 Å². The Labute approximate surface area is 94.6 Å². The van der Waals surface area contributed by atoms with Gasteiger partial charge in [-0.3, -0.25) is 0 Å². The molecule has 2 N–H and O–H groups in total. The van der Waals surface area contributed by atoms with E-state index in [1.165, 1.54) is 0 Å². The Morgan fingerprint density at radius 2 is 2.06 bits per heavy atom. The highest BCUT2D eigenvalue weighted by molar-refractivity contribution is 5.58. The summed E-state index contributed by atoms with van der Waals surface area (Å²) in [6, 6.07) is 10.1. The van der Waals surface area contributed by atoms with Crippen molar-refractivity contribution in [1.82, 2.24) is 15.4 Å². The zero-order valence-electron chi connectivity index (χ0n) is 9.40. The summed E-state index contributed by atoms with van der Waals surface area (Å²) in [7, 11) is 1.59. The van der Waals surface area contributed by atoms with Crippen LogP contribution in [0.4, 0.5) is 0 Å². The summed E-state index contributed by atoms with van der Waals surface area (Å²) in [4.78, 5) is 12.4. The van der Waals surface area contributed by atoms with Crippen molar-refractivity contribution in [3.8, 4) is 11.3 Å². The first kappa shape index (κ1) is 10.9. The molecule has 4 nitrogen and oxygen atoms in total. The number of hydroxylamine groups is 1. The van der Waals surface area contributed by atoms with Crippen LogP contribution >= 0.6 is 0 Å². The SMILES string of the molecule is CON[C@@H](C)c1ncc(-c2ccccc2)[nH]1. The summed E-state index contributed by atoms with van der Waals surface area (Å²) in [6.45, 7) is 1.98. The van der Waals surface area contributed by atoms with E-state index in [-0.39, 0.29) is 6.04 Å². The van der Waals surface area contributed by atoms with E-state index in [9.17, 15) is 0 Å². The van der Waals surface area contributed by atoms with Gasteiger partial charge in [0.1, 0.15) is 5.82 Å². The van der Waals surface area contributed by atoms with Gasteiger partial charge in [-0.2, -0.15) is 5.48 Å². The van der Waals surface area contributed by atoms with Crippen LogP contribution in [0.2, 0.25) is 0 Å². The Morgan fingerprint density at radius 3 is 2.75 bits per heavy atom. The Balaban J connectivity index is 2.20. The van der Waals surface area contributed by atoms with Crippen molar-refractivity contribution in [2.24, 2.45) is 0 Å². The number of rotatable bonds is 4. The molecule has 0 bridgehead atoms. The first-order valence-corrected chi connectivity index (χ1v) is 5.20. The third-order valence-corrected chi connectivity index (χ3v) is 2.39. The summed E-state index contributed by atoms with van der Waals surface area (Å²) >= 11 is 0. The second kappa shape index (κ2) is 4.92. The molecule has 0 aliphatic heterocycles. The van der Waals surface area contributed by atoms with Gasteiger partial charge in [-0.05, 0) is 12.5 Å². The Bertz CT molecular complexity index is 439. The highest BCUT2D eigenvalue weighted by Crippen LogP contribution is 2.18. The largest absolute Gasteiger partial charge is 0.341 e. The van der Waals surface area contributed by atoms with Gasteiger partial charge in [-0.1, -0.05) is 30.3 Å². The number of aromatic amines is 1. The summed E-state index contributed by atoms with van der Waals surface area (Å²) in [5.74, 6) is 0.862. The van der Waals surface area contributed by atoms with Crippen molar-refractivity contribution < 1.29 is 4.84 Å². The van der Waals surface area contributed by atoms with Crippen molar-refractivity contribution in [2.75, 3.05) is 7.11 Å². The van der Waals surface area contributed by atoms with Crippen LogP contribution in [0.25, 0.3) is 11.3 Å². The van der Waals surface area contributed by atoms with Gasteiger partial charge in [0.2, 0.25) is 0 Å². The molecule has 16 heavy (non-hydrogen) atoms. The lowest BCUT2D eigenvalue weighted by atomic mass is 10.2. The third-order valence-electron chi connectivity index (χ3n) is 2.39. The average molecular weight is 217 g/mol. The first-order valence-electron chi connectivity index (χ1n) is 5.20. The fourth-order valence-corrected chi connectivity index (χ4v) is 1.55. The van der Waals surface area contributed by atoms with Crippen LogP contribution in [0.15, 0.2) is 36.5 Å². The van der Waals surface area contributed by atoms with E-state index in [4.69, 9.17) is 4.84 Å². The Kier molecular flexibility index (Phi) is 3.34. The standard InChI is InChI=1S/C12H15N3O/c1-9(15-16-2)12-13-8-11(14-12)10-6-4-3-5-7-10/h3-9,15H,1-2H3,(H,13,14)/t9-/m0/s1. The molecule has 1 atom stereocenters. The molecule has 0 aliphatic carbocycles. The molecule has 2 rings (SSSR count). The predicted octanol–water partition coefficient (Wildman–Crippen LogP) is 2.29. The minimum absolute atomic E-state index is 0.0439. The quantitative estimate of drug-likeness (QED) is 0.772. The van der Waals surface area contributed by atoms with Crippen LogP contribution < -0.4 is 5.48 Å². The number of hydrogen-bond donors (Lipinski definition) is 2. The molecule has 4 heteroatoms. The minimum Gasteiger partial charge on any atom is -0.341 e. The van der Waals surface area contributed by atoms with E-state index in [2.05, 4.69) is 15.4 Å². The molecule has 1 heterocycles. The molecule has 0 radical (unpaired) electrons. The van der Waals surface area contributed by atoms with Gasteiger partial charge < -0.3 is 9.82 Å². The highest BCUT2D eigenvalue weighted by Gasteiger charge is 2.09. The van der Waals surface area contributed by atoms with Crippen LogP contribution in [0, 0.1) is 0 Å². The number of imidazole rings is 1. The van der Waals surface area contributed by atoms with Crippen molar-refractivity contribution in [2.45, 2.75) is 13.0 Å². The van der Waals surface area contributed by atoms with Gasteiger partial charge in [0.15, 0.2) is 0 Å². The van der Waals surface area contributed by atoms with Gasteiger partial charge in [0, 0.05) is 0 Å². The van der Waals surface area contributed by atoms with Crippen LogP contribution in [-0.4, -0.2) is 17.1 Å². The van der Waals surface area contributed by atoms with Gasteiger partial charge in [0.05, 0.1) is 25.0 Å². The van der Waals surface area contributed by atoms with Crippen LogP contribution in [-0.2, 0) is 4.84 Å². The second-order valence-electron chi connectivity index (χ2n) is 3.59. The maximum absolute atomic E-state index is 4.86. The van der Waals surface area contributed by atoms with E-state index < -0.39 is 0 Å². The number of benzene rings is 1. The lowest BCUT2D eigenvalue weighted by molar-refractivity contribution is 0.0637. The van der Waals surface area contributed by atoms with Crippen molar-refractivity contribution in [1.29, 1.82) is 0 Å². The fourth-order valence-electron chi connectivity index (χ4n) is 1.55. The maximum Gasteiger partial charge on any atom is 0.125 e. The molecule has 2 aromatic rings. The summed E-state index contributed by atoms with van der Waals surface area (Å²) in [5.41, 5.74) is 4.98. The van der Waals surface area contributed by atoms with Crippen LogP contribution in [0.1, 0.15) is 18.8 Å². The van der Waals surface area contributed by atoms with E-state index >= 15 is 0 Å². The molecule has 0 saturated carbocycles.